The number of alkyl halides is 8. The van der Waals surface area contributed by atoms with Gasteiger partial charge in [-0.05, 0) is 11.6 Å². The van der Waals surface area contributed by atoms with Gasteiger partial charge in [-0.3, -0.25) is 0 Å². The van der Waals surface area contributed by atoms with E-state index < -0.39 is 32.5 Å². The first-order valence-electron chi connectivity index (χ1n) is 3.17. The molecule has 1 saturated heterocycles. The molecule has 1 fully saturated rings. The fourth-order valence-corrected chi connectivity index (χ4v) is 2.23. The molecule has 1 unspecified atom stereocenters. The molecule has 0 radical (unpaired) electrons. The molecule has 96 valence electrons. The molecule has 0 aromatic rings. The summed E-state index contributed by atoms with van der Waals surface area (Å²) in [5.41, 5.74) is 0. The molecule has 1 atom stereocenters. The van der Waals surface area contributed by atoms with Crippen LogP contribution in [0.4, 0.5) is 30.7 Å². The van der Waals surface area contributed by atoms with Crippen LogP contribution in [0.15, 0.2) is 0 Å². The van der Waals surface area contributed by atoms with Crippen LogP contribution in [-0.4, -0.2) is 30.8 Å². The minimum Gasteiger partial charge on any atom is -0.206 e. The molecule has 0 aliphatic carbocycles. The highest BCUT2D eigenvalue weighted by molar-refractivity contribution is 7.89. The first kappa shape index (κ1) is 13.8. The number of hydrogen-bond acceptors (Lipinski definition) is 3. The molecule has 0 aromatic carbocycles. The molecule has 0 amide bonds. The van der Waals surface area contributed by atoms with Gasteiger partial charge in [0.2, 0.25) is 0 Å². The average Bonchev–Trinajstić information content (AvgIpc) is 1.97. The third-order valence-corrected chi connectivity index (χ3v) is 3.54. The van der Waals surface area contributed by atoms with Gasteiger partial charge in [-0.25, -0.2) is 4.39 Å². The molecular formula is C4ClF7O3S. The van der Waals surface area contributed by atoms with E-state index in [9.17, 15) is 39.2 Å². The van der Waals surface area contributed by atoms with Gasteiger partial charge in [0, 0.05) is 0 Å². The van der Waals surface area contributed by atoms with Crippen molar-refractivity contribution in [1.29, 1.82) is 0 Å². The Kier molecular flexibility index (Phi) is 2.52. The first-order chi connectivity index (χ1) is 6.71. The fraction of sp³-hybridized carbons (Fsp3) is 1.00. The van der Waals surface area contributed by atoms with Gasteiger partial charge in [0.05, 0.1) is 0 Å². The summed E-state index contributed by atoms with van der Waals surface area (Å²) in [6.07, 6.45) is -5.62. The molecule has 1 aliphatic rings. The third-order valence-electron chi connectivity index (χ3n) is 1.69. The van der Waals surface area contributed by atoms with Crippen LogP contribution in [0.3, 0.4) is 0 Å². The first-order valence-corrected chi connectivity index (χ1v) is 4.96. The van der Waals surface area contributed by atoms with E-state index in [4.69, 9.17) is 0 Å². The molecular weight excluding hydrogens is 297 g/mol. The van der Waals surface area contributed by atoms with Crippen LogP contribution >= 0.6 is 11.6 Å². The highest BCUT2D eigenvalue weighted by Gasteiger charge is 2.94. The molecule has 0 N–H and O–H groups in total. The van der Waals surface area contributed by atoms with Crippen molar-refractivity contribution in [3.05, 3.63) is 0 Å². The van der Waals surface area contributed by atoms with E-state index in [-0.39, 0.29) is 0 Å². The highest BCUT2D eigenvalue weighted by atomic mass is 35.5. The summed E-state index contributed by atoms with van der Waals surface area (Å²) < 4.78 is 110. The Morgan fingerprint density at radius 2 is 1.44 bits per heavy atom. The van der Waals surface area contributed by atoms with Gasteiger partial charge in [0.15, 0.2) is 0 Å². The maximum Gasteiger partial charge on any atom is 0.427 e. The zero-order valence-electron chi connectivity index (χ0n) is 6.66. The van der Waals surface area contributed by atoms with E-state index in [2.05, 4.69) is 15.8 Å². The van der Waals surface area contributed by atoms with Crippen LogP contribution in [0, 0.1) is 0 Å². The Morgan fingerprint density at radius 3 is 1.56 bits per heavy atom. The zero-order chi connectivity index (χ0) is 13.2. The quantitative estimate of drug-likeness (QED) is 0.445. The van der Waals surface area contributed by atoms with E-state index in [1.165, 1.54) is 0 Å². The Morgan fingerprint density at radius 1 is 1.06 bits per heavy atom. The Balaban J connectivity index is 3.42. The van der Waals surface area contributed by atoms with Crippen LogP contribution in [0.2, 0.25) is 0 Å². The Hall–Kier alpha value is -0.290. The molecule has 1 heterocycles. The van der Waals surface area contributed by atoms with Crippen molar-refractivity contribution in [3.63, 3.8) is 0 Å². The molecule has 0 aromatic heterocycles. The minimum atomic E-state index is -6.36. The third kappa shape index (κ3) is 1.27. The van der Waals surface area contributed by atoms with Crippen molar-refractivity contribution >= 4 is 21.7 Å². The van der Waals surface area contributed by atoms with Crippen molar-refractivity contribution in [3.8, 4) is 0 Å². The number of rotatable bonds is 2. The standard InChI is InChI=1S/C4ClF7O3S/c5-3(9,10)1(6,7)2(8)4(11,12)15-16(2,13)14. The Labute approximate surface area is 88.2 Å². The second kappa shape index (κ2) is 2.93. The van der Waals surface area contributed by atoms with E-state index in [0.717, 1.165) is 0 Å². The predicted molar refractivity (Wildman–Crippen MR) is 34.5 cm³/mol. The van der Waals surface area contributed by atoms with E-state index in [0.29, 0.717) is 0 Å². The molecule has 0 bridgehead atoms. The van der Waals surface area contributed by atoms with Crippen molar-refractivity contribution in [1.82, 2.24) is 0 Å². The minimum absolute atomic E-state index is 2.50. The lowest BCUT2D eigenvalue weighted by atomic mass is 10.2. The van der Waals surface area contributed by atoms with Crippen molar-refractivity contribution in [2.45, 2.75) is 22.4 Å². The van der Waals surface area contributed by atoms with E-state index >= 15 is 0 Å². The van der Waals surface area contributed by atoms with Gasteiger partial charge >= 0.3 is 32.5 Å². The normalized spacial score (nSPS) is 33.2. The monoisotopic (exact) mass is 296 g/mol. The van der Waals surface area contributed by atoms with Gasteiger partial charge in [0.25, 0.3) is 0 Å². The van der Waals surface area contributed by atoms with Crippen molar-refractivity contribution < 1.29 is 43.3 Å². The topological polar surface area (TPSA) is 43.4 Å². The zero-order valence-corrected chi connectivity index (χ0v) is 8.23. The van der Waals surface area contributed by atoms with Crippen molar-refractivity contribution in [2.75, 3.05) is 0 Å². The van der Waals surface area contributed by atoms with Crippen LogP contribution in [0.5, 0.6) is 0 Å². The molecule has 0 spiro atoms. The predicted octanol–water partition coefficient (Wildman–Crippen LogP) is 2.07. The van der Waals surface area contributed by atoms with Gasteiger partial charge in [-0.1, -0.05) is 0 Å². The molecule has 16 heavy (non-hydrogen) atoms. The smallest absolute Gasteiger partial charge is 0.206 e. The molecule has 1 aliphatic heterocycles. The summed E-state index contributed by atoms with van der Waals surface area (Å²) in [6.45, 7) is 0. The van der Waals surface area contributed by atoms with Crippen molar-refractivity contribution in [2.24, 2.45) is 0 Å². The maximum atomic E-state index is 13.0. The number of halogens is 8. The van der Waals surface area contributed by atoms with Crippen LogP contribution in [0.25, 0.3) is 0 Å². The van der Waals surface area contributed by atoms with Crippen LogP contribution < -0.4 is 0 Å². The second-order valence-corrected chi connectivity index (χ2v) is 4.83. The summed E-state index contributed by atoms with van der Waals surface area (Å²) in [5.74, 6) is -6.36. The SMILES string of the molecule is O=S1(=O)OC(F)(F)C1(F)C(F)(F)C(F)(F)Cl. The van der Waals surface area contributed by atoms with Gasteiger partial charge in [-0.15, -0.1) is 0 Å². The molecule has 12 heteroatoms. The molecule has 0 saturated carbocycles. The summed E-state index contributed by atoms with van der Waals surface area (Å²) in [7, 11) is -6.20. The van der Waals surface area contributed by atoms with Crippen LogP contribution in [0.1, 0.15) is 0 Å². The van der Waals surface area contributed by atoms with E-state index in [1.807, 2.05) is 0 Å². The Bertz CT molecular complexity index is 414. The van der Waals surface area contributed by atoms with Gasteiger partial charge in [0.1, 0.15) is 0 Å². The summed E-state index contributed by atoms with van der Waals surface area (Å²) in [5, 5.41) is -11.7. The van der Waals surface area contributed by atoms with Gasteiger partial charge < -0.3 is 0 Å². The second-order valence-electron chi connectivity index (χ2n) is 2.72. The number of hydrogen-bond donors (Lipinski definition) is 0. The highest BCUT2D eigenvalue weighted by Crippen LogP contribution is 2.62. The summed E-state index contributed by atoms with van der Waals surface area (Å²) in [6, 6.07) is 0. The summed E-state index contributed by atoms with van der Waals surface area (Å²) >= 11 is 3.70. The largest absolute Gasteiger partial charge is 0.427 e. The van der Waals surface area contributed by atoms with Gasteiger partial charge in [-0.2, -0.15) is 38.9 Å². The van der Waals surface area contributed by atoms with Crippen LogP contribution in [-0.2, 0) is 14.3 Å². The lowest BCUT2D eigenvalue weighted by molar-refractivity contribution is -0.353. The van der Waals surface area contributed by atoms with E-state index in [1.54, 1.807) is 0 Å². The average molecular weight is 297 g/mol. The molecule has 1 rings (SSSR count). The maximum absolute atomic E-state index is 13.0. The lowest BCUT2D eigenvalue weighted by Gasteiger charge is -2.44. The summed E-state index contributed by atoms with van der Waals surface area (Å²) in [4.78, 5) is 0. The molecule has 3 nitrogen and oxygen atoms in total. The fourth-order valence-electron chi connectivity index (χ4n) is 0.882. The lowest BCUT2D eigenvalue weighted by Crippen LogP contribution is -2.75.